The smallest absolute Gasteiger partial charge is 0.339 e. The van der Waals surface area contributed by atoms with Crippen LogP contribution >= 0.6 is 7.14 Å². The Kier molecular flexibility index (Phi) is 8.76. The van der Waals surface area contributed by atoms with E-state index in [9.17, 15) is 27.8 Å². The molecule has 0 saturated carbocycles. The Hall–Kier alpha value is -3.94. The average Bonchev–Trinajstić information content (AvgIpc) is 2.82. The van der Waals surface area contributed by atoms with E-state index >= 15 is 0 Å². The first kappa shape index (κ1) is 28.6. The van der Waals surface area contributed by atoms with E-state index in [0.29, 0.717) is 11.5 Å². The second-order valence-electron chi connectivity index (χ2n) is 9.08. The van der Waals surface area contributed by atoms with Gasteiger partial charge in [0.1, 0.15) is 24.6 Å². The molecule has 0 aliphatic rings. The molecular weight excluding hydrogens is 520 g/mol. The fraction of sp³-hybridized carbons (Fsp3) is 0.280. The van der Waals surface area contributed by atoms with Crippen molar-refractivity contribution in [3.05, 3.63) is 65.4 Å². The molecule has 1 aromatic heterocycles. The molecule has 200 valence electrons. The van der Waals surface area contributed by atoms with Crippen LogP contribution in [0.5, 0.6) is 0 Å². The zero-order chi connectivity index (χ0) is 28.1. The molecule has 0 saturated heterocycles. The number of amides is 1. The number of hydrogen-bond donors (Lipinski definition) is 3. The third-order valence-electron chi connectivity index (χ3n) is 5.05. The van der Waals surface area contributed by atoms with E-state index in [0.717, 1.165) is 0 Å². The number of nitrogens with zero attached hydrogens (tertiary/aromatic N) is 3. The van der Waals surface area contributed by atoms with Crippen LogP contribution in [0.3, 0.4) is 0 Å². The van der Waals surface area contributed by atoms with E-state index in [-0.39, 0.29) is 41.0 Å². The molecule has 2 aromatic carbocycles. The van der Waals surface area contributed by atoms with Crippen LogP contribution in [-0.4, -0.2) is 35.8 Å². The van der Waals surface area contributed by atoms with Crippen molar-refractivity contribution in [3.63, 3.8) is 0 Å². The topological polar surface area (TPSA) is 129 Å². The molecule has 3 aromatic rings. The molecule has 0 radical (unpaired) electrons. The fourth-order valence-corrected chi connectivity index (χ4v) is 4.45. The standard InChI is InChI=1S/C25H26F3N6O3P/c1-15(2)14-37-34-23(35)18-10-9-17(11-16(18)12-29)31-24-30-13-19(25(26,27)28)22(33-24)32-20-7-5-6-8-21(20)38(3,4)36/h5-11,13,15H,14H2,1-4H3,(H,34,35)(H2,30,31,32,33). The minimum Gasteiger partial charge on any atom is -0.339 e. The van der Waals surface area contributed by atoms with Crippen LogP contribution in [-0.2, 0) is 15.6 Å². The fourth-order valence-electron chi connectivity index (χ4n) is 3.29. The maximum absolute atomic E-state index is 13.7. The summed E-state index contributed by atoms with van der Waals surface area (Å²) in [5.74, 6) is -1.18. The number of rotatable bonds is 9. The van der Waals surface area contributed by atoms with E-state index in [1.54, 1.807) is 18.2 Å². The van der Waals surface area contributed by atoms with Gasteiger partial charge < -0.3 is 15.2 Å². The number of halogens is 3. The number of para-hydroxylation sites is 1. The zero-order valence-electron chi connectivity index (χ0n) is 21.1. The van der Waals surface area contributed by atoms with E-state index < -0.39 is 30.6 Å². The first-order chi connectivity index (χ1) is 17.8. The molecule has 1 amide bonds. The van der Waals surface area contributed by atoms with Crippen molar-refractivity contribution in [1.82, 2.24) is 15.4 Å². The van der Waals surface area contributed by atoms with Gasteiger partial charge in [-0.15, -0.1) is 0 Å². The summed E-state index contributed by atoms with van der Waals surface area (Å²) >= 11 is 0. The highest BCUT2D eigenvalue weighted by molar-refractivity contribution is 7.70. The number of hydroxylamine groups is 1. The predicted octanol–water partition coefficient (Wildman–Crippen LogP) is 5.42. The number of benzene rings is 2. The molecule has 0 fully saturated rings. The van der Waals surface area contributed by atoms with Crippen LogP contribution in [0.15, 0.2) is 48.7 Å². The molecule has 38 heavy (non-hydrogen) atoms. The monoisotopic (exact) mass is 546 g/mol. The van der Waals surface area contributed by atoms with Gasteiger partial charge in [-0.25, -0.2) is 10.5 Å². The lowest BCUT2D eigenvalue weighted by Gasteiger charge is -2.18. The highest BCUT2D eigenvalue weighted by atomic mass is 31.2. The normalized spacial score (nSPS) is 11.7. The first-order valence-corrected chi connectivity index (χ1v) is 14.0. The number of carbonyl (C=O) groups excluding carboxylic acids is 1. The summed E-state index contributed by atoms with van der Waals surface area (Å²) in [4.78, 5) is 25.2. The van der Waals surface area contributed by atoms with Gasteiger partial charge in [0.2, 0.25) is 5.95 Å². The van der Waals surface area contributed by atoms with Gasteiger partial charge in [0.25, 0.3) is 5.91 Å². The van der Waals surface area contributed by atoms with Gasteiger partial charge in [0.15, 0.2) is 0 Å². The number of alkyl halides is 3. The van der Waals surface area contributed by atoms with Gasteiger partial charge >= 0.3 is 6.18 Å². The number of carbonyl (C=O) groups is 1. The number of anilines is 4. The van der Waals surface area contributed by atoms with Crippen molar-refractivity contribution in [3.8, 4) is 6.07 Å². The van der Waals surface area contributed by atoms with Crippen LogP contribution in [0, 0.1) is 17.2 Å². The number of aromatic nitrogens is 2. The summed E-state index contributed by atoms with van der Waals surface area (Å²) in [5, 5.41) is 15.3. The highest BCUT2D eigenvalue weighted by Crippen LogP contribution is 2.40. The van der Waals surface area contributed by atoms with E-state index in [1.165, 1.54) is 37.6 Å². The van der Waals surface area contributed by atoms with Gasteiger partial charge in [0, 0.05) is 17.2 Å². The quantitative estimate of drug-likeness (QED) is 0.240. The molecule has 0 aliphatic heterocycles. The molecule has 0 aliphatic carbocycles. The summed E-state index contributed by atoms with van der Waals surface area (Å²) in [6, 6.07) is 12.4. The molecule has 3 N–H and O–H groups in total. The molecule has 0 bridgehead atoms. The molecule has 9 nitrogen and oxygen atoms in total. The first-order valence-electron chi connectivity index (χ1n) is 11.4. The van der Waals surface area contributed by atoms with Crippen molar-refractivity contribution in [2.45, 2.75) is 20.0 Å². The second kappa shape index (κ2) is 11.6. The van der Waals surface area contributed by atoms with Gasteiger partial charge in [-0.2, -0.15) is 23.4 Å². The van der Waals surface area contributed by atoms with Crippen molar-refractivity contribution >= 4 is 41.5 Å². The van der Waals surface area contributed by atoms with Crippen molar-refractivity contribution in [2.75, 3.05) is 30.6 Å². The summed E-state index contributed by atoms with van der Waals surface area (Å²) in [6.07, 6.45) is -4.14. The Bertz CT molecular complexity index is 1420. The number of nitrogens with one attached hydrogen (secondary N) is 3. The Morgan fingerprint density at radius 1 is 1.16 bits per heavy atom. The predicted molar refractivity (Wildman–Crippen MR) is 139 cm³/mol. The molecule has 0 atom stereocenters. The Morgan fingerprint density at radius 2 is 1.87 bits per heavy atom. The molecule has 3 rings (SSSR count). The minimum atomic E-state index is -4.77. The van der Waals surface area contributed by atoms with Crippen LogP contribution in [0.2, 0.25) is 0 Å². The lowest BCUT2D eigenvalue weighted by molar-refractivity contribution is -0.137. The van der Waals surface area contributed by atoms with Crippen molar-refractivity contribution < 1.29 is 27.4 Å². The molecule has 1 heterocycles. The Labute approximate surface area is 217 Å². The number of hydrogen-bond acceptors (Lipinski definition) is 8. The summed E-state index contributed by atoms with van der Waals surface area (Å²) in [6.45, 7) is 7.12. The van der Waals surface area contributed by atoms with E-state index in [2.05, 4.69) is 26.1 Å². The third-order valence-corrected chi connectivity index (χ3v) is 6.60. The Morgan fingerprint density at radius 3 is 2.50 bits per heavy atom. The van der Waals surface area contributed by atoms with Gasteiger partial charge in [0.05, 0.1) is 23.4 Å². The third kappa shape index (κ3) is 7.31. The maximum atomic E-state index is 13.7. The van der Waals surface area contributed by atoms with Crippen LogP contribution in [0.1, 0.15) is 35.3 Å². The highest BCUT2D eigenvalue weighted by Gasteiger charge is 2.35. The average molecular weight is 546 g/mol. The summed E-state index contributed by atoms with van der Waals surface area (Å²) in [7, 11) is -2.82. The molecule has 13 heteroatoms. The molecular formula is C25H26F3N6O3P. The Balaban J connectivity index is 1.92. The van der Waals surface area contributed by atoms with Crippen LogP contribution in [0.25, 0.3) is 0 Å². The summed E-state index contributed by atoms with van der Waals surface area (Å²) in [5.41, 5.74) is 1.69. The van der Waals surface area contributed by atoms with Gasteiger partial charge in [-0.3, -0.25) is 9.63 Å². The largest absolute Gasteiger partial charge is 0.421 e. The molecule has 0 spiro atoms. The summed E-state index contributed by atoms with van der Waals surface area (Å²) < 4.78 is 53.8. The second-order valence-corrected chi connectivity index (χ2v) is 12.3. The minimum absolute atomic E-state index is 0.00137. The van der Waals surface area contributed by atoms with Crippen molar-refractivity contribution in [1.29, 1.82) is 5.26 Å². The zero-order valence-corrected chi connectivity index (χ0v) is 21.9. The van der Waals surface area contributed by atoms with Crippen LogP contribution in [0.4, 0.5) is 36.3 Å². The SMILES string of the molecule is CC(C)CONC(=O)c1ccc(Nc2ncc(C(F)(F)F)c(Nc3ccccc3P(C)(C)=O)n2)cc1C#N. The van der Waals surface area contributed by atoms with E-state index in [4.69, 9.17) is 4.84 Å². The van der Waals surface area contributed by atoms with Gasteiger partial charge in [-0.1, -0.05) is 26.0 Å². The van der Waals surface area contributed by atoms with Crippen molar-refractivity contribution in [2.24, 2.45) is 5.92 Å². The molecule has 0 unspecified atom stereocenters. The van der Waals surface area contributed by atoms with E-state index in [1.807, 2.05) is 19.9 Å². The number of nitriles is 1. The van der Waals surface area contributed by atoms with Crippen LogP contribution < -0.4 is 21.4 Å². The lowest BCUT2D eigenvalue weighted by atomic mass is 10.1. The van der Waals surface area contributed by atoms with Gasteiger partial charge in [-0.05, 0) is 49.6 Å². The lowest BCUT2D eigenvalue weighted by Crippen LogP contribution is -2.26. The maximum Gasteiger partial charge on any atom is 0.421 e.